The Kier molecular flexibility index (Phi) is 4.78. The topological polar surface area (TPSA) is 92.7 Å². The Bertz CT molecular complexity index is 803. The van der Waals surface area contributed by atoms with E-state index in [0.29, 0.717) is 29.5 Å². The van der Waals surface area contributed by atoms with Crippen molar-refractivity contribution in [1.82, 2.24) is 0 Å². The van der Waals surface area contributed by atoms with Crippen LogP contribution in [-0.4, -0.2) is 35.0 Å². The maximum atomic E-state index is 12.4. The summed E-state index contributed by atoms with van der Waals surface area (Å²) in [5.41, 5.74) is 0.0505. The Morgan fingerprint density at radius 1 is 1.14 bits per heavy atom. The molecular weight excluding hydrogens is 358 g/mol. The SMILES string of the molecule is CC(=O)c1ccccc1NC(=O)COC(=O)CC12C[C@@H]3C[C@@H](CC(O)(C3)C1)C2. The molecule has 1 aromatic carbocycles. The lowest BCUT2D eigenvalue weighted by Gasteiger charge is -2.60. The lowest BCUT2D eigenvalue weighted by molar-refractivity contribution is -0.177. The Balaban J connectivity index is 1.32. The largest absolute Gasteiger partial charge is 0.456 e. The van der Waals surface area contributed by atoms with Crippen LogP contribution in [0.4, 0.5) is 5.69 Å². The van der Waals surface area contributed by atoms with Gasteiger partial charge in [-0.2, -0.15) is 0 Å². The van der Waals surface area contributed by atoms with Crippen LogP contribution in [0, 0.1) is 17.3 Å². The molecule has 0 aromatic heterocycles. The van der Waals surface area contributed by atoms with E-state index in [1.165, 1.54) is 6.92 Å². The van der Waals surface area contributed by atoms with E-state index in [4.69, 9.17) is 4.74 Å². The highest BCUT2D eigenvalue weighted by Gasteiger charge is 2.57. The molecule has 2 N–H and O–H groups in total. The van der Waals surface area contributed by atoms with Gasteiger partial charge in [0, 0.05) is 5.56 Å². The quantitative estimate of drug-likeness (QED) is 0.580. The number of para-hydroxylation sites is 1. The zero-order valence-electron chi connectivity index (χ0n) is 16.2. The molecule has 28 heavy (non-hydrogen) atoms. The molecule has 2 unspecified atom stereocenters. The van der Waals surface area contributed by atoms with Gasteiger partial charge in [-0.15, -0.1) is 0 Å². The van der Waals surface area contributed by atoms with Gasteiger partial charge in [0.1, 0.15) is 0 Å². The molecule has 4 bridgehead atoms. The number of aliphatic hydroxyl groups is 1. The van der Waals surface area contributed by atoms with Crippen LogP contribution in [0.3, 0.4) is 0 Å². The van der Waals surface area contributed by atoms with Crippen molar-refractivity contribution >= 4 is 23.3 Å². The van der Waals surface area contributed by atoms with E-state index >= 15 is 0 Å². The minimum atomic E-state index is -0.613. The fourth-order valence-corrected chi connectivity index (χ4v) is 6.20. The van der Waals surface area contributed by atoms with E-state index in [2.05, 4.69) is 5.32 Å². The van der Waals surface area contributed by atoms with Gasteiger partial charge in [-0.25, -0.2) is 0 Å². The lowest BCUT2D eigenvalue weighted by atomic mass is 9.47. The first-order valence-corrected chi connectivity index (χ1v) is 10.0. The minimum Gasteiger partial charge on any atom is -0.456 e. The van der Waals surface area contributed by atoms with Gasteiger partial charge in [-0.1, -0.05) is 12.1 Å². The fourth-order valence-electron chi connectivity index (χ4n) is 6.20. The number of ether oxygens (including phenoxy) is 1. The molecular formula is C22H27NO5. The molecule has 0 saturated heterocycles. The second-order valence-electron chi connectivity index (χ2n) is 9.17. The van der Waals surface area contributed by atoms with Crippen LogP contribution in [0.15, 0.2) is 24.3 Å². The van der Waals surface area contributed by atoms with Crippen molar-refractivity contribution in [3.63, 3.8) is 0 Å². The molecule has 4 aliphatic rings. The zero-order valence-corrected chi connectivity index (χ0v) is 16.2. The Labute approximate surface area is 164 Å². The van der Waals surface area contributed by atoms with Crippen LogP contribution < -0.4 is 5.32 Å². The fraction of sp³-hybridized carbons (Fsp3) is 0.591. The smallest absolute Gasteiger partial charge is 0.306 e. The van der Waals surface area contributed by atoms with Gasteiger partial charge in [0.25, 0.3) is 5.91 Å². The van der Waals surface area contributed by atoms with Crippen LogP contribution in [0.1, 0.15) is 62.2 Å². The first kappa shape index (κ1) is 19.1. The summed E-state index contributed by atoms with van der Waals surface area (Å²) in [7, 11) is 0. The molecule has 5 rings (SSSR count). The van der Waals surface area contributed by atoms with Crippen molar-refractivity contribution in [2.75, 3.05) is 11.9 Å². The average Bonchev–Trinajstić information content (AvgIpc) is 2.57. The molecule has 150 valence electrons. The van der Waals surface area contributed by atoms with Crippen LogP contribution in [0.5, 0.6) is 0 Å². The zero-order chi connectivity index (χ0) is 19.9. The van der Waals surface area contributed by atoms with Gasteiger partial charge >= 0.3 is 5.97 Å². The first-order valence-electron chi connectivity index (χ1n) is 10.0. The Hall–Kier alpha value is -2.21. The van der Waals surface area contributed by atoms with Gasteiger partial charge in [0.05, 0.1) is 17.7 Å². The molecule has 4 atom stereocenters. The number of rotatable bonds is 6. The van der Waals surface area contributed by atoms with Gasteiger partial charge in [-0.3, -0.25) is 14.4 Å². The summed E-state index contributed by atoms with van der Waals surface area (Å²) >= 11 is 0. The van der Waals surface area contributed by atoms with E-state index < -0.39 is 11.5 Å². The van der Waals surface area contributed by atoms with Crippen molar-refractivity contribution in [1.29, 1.82) is 0 Å². The third-order valence-electron chi connectivity index (χ3n) is 6.62. The number of amides is 1. The molecule has 0 spiro atoms. The standard InChI is InChI=1S/C22H27NO5/c1-14(24)17-4-2-3-5-18(17)23-19(25)12-28-20(26)11-21-7-15-6-16(8-21)10-22(27,9-15)13-21/h2-5,15-16,27H,6-13H2,1H3,(H,23,25)/t15-,16+,21?,22?. The monoisotopic (exact) mass is 385 g/mol. The normalized spacial score (nSPS) is 32.8. The van der Waals surface area contributed by atoms with Gasteiger partial charge < -0.3 is 15.2 Å². The molecule has 4 aliphatic carbocycles. The van der Waals surface area contributed by atoms with Crippen molar-refractivity contribution < 1.29 is 24.2 Å². The number of ketones is 1. The lowest BCUT2D eigenvalue weighted by Crippen LogP contribution is -2.56. The molecule has 1 aromatic rings. The number of nitrogens with one attached hydrogen (secondary N) is 1. The molecule has 4 saturated carbocycles. The van der Waals surface area contributed by atoms with Gasteiger partial charge in [0.2, 0.25) is 0 Å². The average molecular weight is 385 g/mol. The number of esters is 1. The highest BCUT2D eigenvalue weighted by atomic mass is 16.5. The number of carbonyl (C=O) groups excluding carboxylic acids is 3. The third-order valence-corrected chi connectivity index (χ3v) is 6.62. The number of carbonyl (C=O) groups is 3. The second-order valence-corrected chi connectivity index (χ2v) is 9.17. The Morgan fingerprint density at radius 2 is 1.82 bits per heavy atom. The van der Waals surface area contributed by atoms with E-state index in [-0.39, 0.29) is 30.2 Å². The van der Waals surface area contributed by atoms with E-state index in [1.807, 2.05) is 0 Å². The van der Waals surface area contributed by atoms with Crippen LogP contribution in [0.25, 0.3) is 0 Å². The summed E-state index contributed by atoms with van der Waals surface area (Å²) in [6.07, 6.45) is 5.76. The summed E-state index contributed by atoms with van der Waals surface area (Å²) in [5, 5.41) is 13.4. The molecule has 6 nitrogen and oxygen atoms in total. The molecule has 0 heterocycles. The Morgan fingerprint density at radius 3 is 2.46 bits per heavy atom. The van der Waals surface area contributed by atoms with E-state index in [9.17, 15) is 19.5 Å². The number of benzene rings is 1. The predicted molar refractivity (Wildman–Crippen MR) is 103 cm³/mol. The highest BCUT2D eigenvalue weighted by molar-refractivity contribution is 6.04. The van der Waals surface area contributed by atoms with Crippen LogP contribution >= 0.6 is 0 Å². The van der Waals surface area contributed by atoms with Crippen LogP contribution in [-0.2, 0) is 14.3 Å². The molecule has 6 heteroatoms. The number of hydrogen-bond donors (Lipinski definition) is 2. The predicted octanol–water partition coefficient (Wildman–Crippen LogP) is 3.09. The molecule has 1 amide bonds. The number of anilines is 1. The summed E-state index contributed by atoms with van der Waals surface area (Å²) < 4.78 is 5.23. The highest BCUT2D eigenvalue weighted by Crippen LogP contribution is 2.62. The first-order chi connectivity index (χ1) is 13.3. The van der Waals surface area contributed by atoms with Crippen molar-refractivity contribution in [2.24, 2.45) is 17.3 Å². The number of hydrogen-bond acceptors (Lipinski definition) is 5. The van der Waals surface area contributed by atoms with Crippen molar-refractivity contribution in [3.8, 4) is 0 Å². The maximum Gasteiger partial charge on any atom is 0.306 e. The van der Waals surface area contributed by atoms with E-state index in [1.54, 1.807) is 24.3 Å². The molecule has 0 radical (unpaired) electrons. The van der Waals surface area contributed by atoms with Gasteiger partial charge in [0.15, 0.2) is 12.4 Å². The number of Topliss-reactive ketones (excluding diaryl/α,β-unsaturated/α-hetero) is 1. The summed E-state index contributed by atoms with van der Waals surface area (Å²) in [6.45, 7) is 1.06. The minimum absolute atomic E-state index is 0.146. The molecule has 0 aliphatic heterocycles. The second kappa shape index (κ2) is 6.99. The summed E-state index contributed by atoms with van der Waals surface area (Å²) in [6, 6.07) is 6.74. The van der Waals surface area contributed by atoms with Crippen molar-refractivity contribution in [3.05, 3.63) is 29.8 Å². The summed E-state index contributed by atoms with van der Waals surface area (Å²) in [4.78, 5) is 36.2. The van der Waals surface area contributed by atoms with Gasteiger partial charge in [-0.05, 0) is 74.8 Å². The maximum absolute atomic E-state index is 12.4. The van der Waals surface area contributed by atoms with Crippen LogP contribution in [0.2, 0.25) is 0 Å². The molecule has 4 fully saturated rings. The van der Waals surface area contributed by atoms with E-state index in [0.717, 1.165) is 32.1 Å². The van der Waals surface area contributed by atoms with Crippen molar-refractivity contribution in [2.45, 2.75) is 57.5 Å². The third kappa shape index (κ3) is 3.83. The summed E-state index contributed by atoms with van der Waals surface area (Å²) in [5.74, 6) is 0.00949.